The third kappa shape index (κ3) is 6.33. The van der Waals surface area contributed by atoms with Crippen molar-refractivity contribution in [2.45, 2.75) is 19.8 Å². The fourth-order valence-corrected chi connectivity index (χ4v) is 1.74. The van der Waals surface area contributed by atoms with E-state index in [2.05, 4.69) is 15.5 Å². The van der Waals surface area contributed by atoms with Crippen LogP contribution in [-0.4, -0.2) is 43.9 Å². The molecule has 0 heterocycles. The summed E-state index contributed by atoms with van der Waals surface area (Å²) in [6, 6.07) is 7.49. The number of aryl methyl sites for hydroxylation is 1. The number of hydrogen-bond acceptors (Lipinski definition) is 3. The third-order valence-corrected chi connectivity index (χ3v) is 2.84. The maximum atomic E-state index is 11.7. The zero-order valence-electron chi connectivity index (χ0n) is 12.4. The molecule has 0 radical (unpaired) electrons. The lowest BCUT2D eigenvalue weighted by molar-refractivity contribution is -0.126. The average Bonchev–Trinajstić information content (AvgIpc) is 2.37. The summed E-state index contributed by atoms with van der Waals surface area (Å²) in [5.74, 6) is -0.528. The molecule has 1 aromatic carbocycles. The Morgan fingerprint density at radius 2 is 1.85 bits per heavy atom. The summed E-state index contributed by atoms with van der Waals surface area (Å²) in [5, 5.41) is 5.48. The number of amides is 2. The normalized spacial score (nSPS) is 10.4. The van der Waals surface area contributed by atoms with Crippen molar-refractivity contribution < 1.29 is 9.59 Å². The number of nitrogens with zero attached hydrogens (tertiary/aromatic N) is 1. The van der Waals surface area contributed by atoms with Gasteiger partial charge < -0.3 is 15.5 Å². The highest BCUT2D eigenvalue weighted by atomic mass is 16.2. The van der Waals surface area contributed by atoms with E-state index in [0.29, 0.717) is 6.54 Å². The van der Waals surface area contributed by atoms with Crippen LogP contribution >= 0.6 is 0 Å². The SMILES string of the molecule is Cc1ccccc1NC(=O)CC(=O)NCCCN(C)C. The molecule has 0 aliphatic carbocycles. The van der Waals surface area contributed by atoms with Crippen LogP contribution in [0.5, 0.6) is 0 Å². The monoisotopic (exact) mass is 277 g/mol. The minimum Gasteiger partial charge on any atom is -0.356 e. The second-order valence-corrected chi connectivity index (χ2v) is 5.05. The largest absolute Gasteiger partial charge is 0.356 e. The van der Waals surface area contributed by atoms with Gasteiger partial charge in [0.05, 0.1) is 0 Å². The summed E-state index contributed by atoms with van der Waals surface area (Å²) in [7, 11) is 3.97. The molecule has 0 aliphatic heterocycles. The van der Waals surface area contributed by atoms with Crippen LogP contribution in [0.1, 0.15) is 18.4 Å². The molecule has 0 saturated heterocycles. The van der Waals surface area contributed by atoms with E-state index in [9.17, 15) is 9.59 Å². The number of hydrogen-bond donors (Lipinski definition) is 2. The highest BCUT2D eigenvalue weighted by Crippen LogP contribution is 2.13. The lowest BCUT2D eigenvalue weighted by atomic mass is 10.2. The van der Waals surface area contributed by atoms with Gasteiger partial charge in [-0.25, -0.2) is 0 Å². The molecule has 1 rings (SSSR count). The Labute approximate surface area is 120 Å². The van der Waals surface area contributed by atoms with E-state index in [4.69, 9.17) is 0 Å². The molecular formula is C15H23N3O2. The molecule has 0 spiro atoms. The van der Waals surface area contributed by atoms with Crippen molar-refractivity contribution in [2.24, 2.45) is 0 Å². The molecule has 1 aromatic rings. The van der Waals surface area contributed by atoms with Crippen molar-refractivity contribution in [2.75, 3.05) is 32.5 Å². The lowest BCUT2D eigenvalue weighted by Crippen LogP contribution is -2.30. The minimum absolute atomic E-state index is 0.143. The standard InChI is InChI=1S/C15H23N3O2/c1-12-7-4-5-8-13(12)17-15(20)11-14(19)16-9-6-10-18(2)3/h4-5,7-8H,6,9-11H2,1-3H3,(H,16,19)(H,17,20). The van der Waals surface area contributed by atoms with E-state index >= 15 is 0 Å². The highest BCUT2D eigenvalue weighted by Gasteiger charge is 2.09. The maximum absolute atomic E-state index is 11.7. The number of carbonyl (C=O) groups is 2. The van der Waals surface area contributed by atoms with Gasteiger partial charge in [-0.05, 0) is 45.6 Å². The van der Waals surface area contributed by atoms with Crippen LogP contribution in [0.15, 0.2) is 24.3 Å². The lowest BCUT2D eigenvalue weighted by Gasteiger charge is -2.10. The molecule has 2 amide bonds. The van der Waals surface area contributed by atoms with Crippen molar-refractivity contribution in [1.29, 1.82) is 0 Å². The van der Waals surface area contributed by atoms with Crippen LogP contribution in [0, 0.1) is 6.92 Å². The molecule has 2 N–H and O–H groups in total. The summed E-state index contributed by atoms with van der Waals surface area (Å²) < 4.78 is 0. The summed E-state index contributed by atoms with van der Waals surface area (Å²) in [4.78, 5) is 25.4. The van der Waals surface area contributed by atoms with Gasteiger partial charge in [0.1, 0.15) is 6.42 Å². The van der Waals surface area contributed by atoms with Crippen molar-refractivity contribution >= 4 is 17.5 Å². The first-order valence-electron chi connectivity index (χ1n) is 6.76. The third-order valence-electron chi connectivity index (χ3n) is 2.84. The number of anilines is 1. The number of para-hydroxylation sites is 1. The second-order valence-electron chi connectivity index (χ2n) is 5.05. The fraction of sp³-hybridized carbons (Fsp3) is 0.467. The quantitative estimate of drug-likeness (QED) is 0.585. The zero-order chi connectivity index (χ0) is 15.0. The van der Waals surface area contributed by atoms with Crippen molar-refractivity contribution in [1.82, 2.24) is 10.2 Å². The van der Waals surface area contributed by atoms with E-state index in [1.807, 2.05) is 45.3 Å². The van der Waals surface area contributed by atoms with Gasteiger partial charge in [0.2, 0.25) is 11.8 Å². The van der Waals surface area contributed by atoms with E-state index in [0.717, 1.165) is 24.2 Å². The van der Waals surface area contributed by atoms with Crippen LogP contribution in [0.2, 0.25) is 0 Å². The Hall–Kier alpha value is -1.88. The first-order valence-corrected chi connectivity index (χ1v) is 6.76. The van der Waals surface area contributed by atoms with Gasteiger partial charge in [0, 0.05) is 12.2 Å². The number of rotatable bonds is 7. The van der Waals surface area contributed by atoms with Gasteiger partial charge in [-0.2, -0.15) is 0 Å². The topological polar surface area (TPSA) is 61.4 Å². The van der Waals surface area contributed by atoms with Crippen LogP contribution in [0.4, 0.5) is 5.69 Å². The summed E-state index contributed by atoms with van der Waals surface area (Å²) >= 11 is 0. The predicted octanol–water partition coefficient (Wildman–Crippen LogP) is 1.39. The van der Waals surface area contributed by atoms with Gasteiger partial charge in [0.15, 0.2) is 0 Å². The van der Waals surface area contributed by atoms with E-state index in [1.54, 1.807) is 0 Å². The second kappa shape index (κ2) is 8.32. The van der Waals surface area contributed by atoms with Crippen LogP contribution in [-0.2, 0) is 9.59 Å². The summed E-state index contributed by atoms with van der Waals surface area (Å²) in [5.41, 5.74) is 1.73. The molecule has 0 fully saturated rings. The average molecular weight is 277 g/mol. The highest BCUT2D eigenvalue weighted by molar-refractivity contribution is 6.03. The maximum Gasteiger partial charge on any atom is 0.233 e. The number of benzene rings is 1. The van der Waals surface area contributed by atoms with Gasteiger partial charge in [-0.15, -0.1) is 0 Å². The Kier molecular flexibility index (Phi) is 6.73. The van der Waals surface area contributed by atoms with Crippen molar-refractivity contribution in [3.05, 3.63) is 29.8 Å². The predicted molar refractivity (Wildman–Crippen MR) is 80.6 cm³/mol. The Bertz CT molecular complexity index is 458. The van der Waals surface area contributed by atoms with Crippen LogP contribution < -0.4 is 10.6 Å². The van der Waals surface area contributed by atoms with E-state index < -0.39 is 0 Å². The van der Waals surface area contributed by atoms with Gasteiger partial charge >= 0.3 is 0 Å². The first-order chi connectivity index (χ1) is 9.49. The molecule has 0 saturated carbocycles. The van der Waals surface area contributed by atoms with Gasteiger partial charge in [-0.1, -0.05) is 18.2 Å². The molecule has 5 heteroatoms. The minimum atomic E-state index is -0.288. The van der Waals surface area contributed by atoms with E-state index in [1.165, 1.54) is 0 Å². The molecule has 0 aliphatic rings. The molecule has 110 valence electrons. The summed E-state index contributed by atoms with van der Waals surface area (Å²) in [6.07, 6.45) is 0.731. The molecule has 0 unspecified atom stereocenters. The Balaban J connectivity index is 2.28. The van der Waals surface area contributed by atoms with Gasteiger partial charge in [-0.3, -0.25) is 9.59 Å². The van der Waals surface area contributed by atoms with Crippen LogP contribution in [0.25, 0.3) is 0 Å². The van der Waals surface area contributed by atoms with E-state index in [-0.39, 0.29) is 18.2 Å². The van der Waals surface area contributed by atoms with Crippen molar-refractivity contribution in [3.63, 3.8) is 0 Å². The summed E-state index contributed by atoms with van der Waals surface area (Å²) in [6.45, 7) is 3.42. The molecule has 0 bridgehead atoms. The fourth-order valence-electron chi connectivity index (χ4n) is 1.74. The number of carbonyl (C=O) groups excluding carboxylic acids is 2. The molecular weight excluding hydrogens is 254 g/mol. The number of nitrogens with one attached hydrogen (secondary N) is 2. The molecule has 5 nitrogen and oxygen atoms in total. The first kappa shape index (κ1) is 16.2. The van der Waals surface area contributed by atoms with Crippen molar-refractivity contribution in [3.8, 4) is 0 Å². The zero-order valence-corrected chi connectivity index (χ0v) is 12.4. The molecule has 0 aromatic heterocycles. The molecule has 20 heavy (non-hydrogen) atoms. The van der Waals surface area contributed by atoms with Gasteiger partial charge in [0.25, 0.3) is 0 Å². The smallest absolute Gasteiger partial charge is 0.233 e. The molecule has 0 atom stereocenters. The Morgan fingerprint density at radius 3 is 2.50 bits per heavy atom. The van der Waals surface area contributed by atoms with Crippen LogP contribution in [0.3, 0.4) is 0 Å². The Morgan fingerprint density at radius 1 is 1.15 bits per heavy atom.